The van der Waals surface area contributed by atoms with Crippen LogP contribution < -0.4 is 29.5 Å². The predicted octanol–water partition coefficient (Wildman–Crippen LogP) is 7.93. The highest BCUT2D eigenvalue weighted by Gasteiger charge is 2.44. The Morgan fingerprint density at radius 2 is 0.955 bits per heavy atom. The maximum Gasteiger partial charge on any atom is 0.269 e. The summed E-state index contributed by atoms with van der Waals surface area (Å²) < 4.78 is 23.4. The number of nitrogens with zero attached hydrogens (tertiary/aromatic N) is 10. The van der Waals surface area contributed by atoms with Crippen LogP contribution in [-0.4, -0.2) is 26.6 Å². The molecule has 0 atom stereocenters. The molecule has 0 aliphatic heterocycles. The lowest BCUT2D eigenvalue weighted by Gasteiger charge is -2.36. The van der Waals surface area contributed by atoms with Crippen LogP contribution in [0.5, 0.6) is 0 Å². The highest BCUT2D eigenvalue weighted by Crippen LogP contribution is 2.56. The summed E-state index contributed by atoms with van der Waals surface area (Å²) in [4.78, 5) is 26.9. The van der Waals surface area contributed by atoms with Gasteiger partial charge in [0.25, 0.3) is 11.1 Å². The van der Waals surface area contributed by atoms with Crippen LogP contribution in [0.2, 0.25) is 0 Å². The normalized spacial score (nSPS) is 13.2. The summed E-state index contributed by atoms with van der Waals surface area (Å²) in [5.41, 5.74) is 12.1. The number of rotatable bonds is 10. The number of hydrogen-bond acceptors (Lipinski definition) is 14. The van der Waals surface area contributed by atoms with Gasteiger partial charge in [-0.2, -0.15) is 38.5 Å². The van der Waals surface area contributed by atoms with Gasteiger partial charge in [-0.05, 0) is 96.2 Å². The van der Waals surface area contributed by atoms with Gasteiger partial charge in [0.05, 0.1) is 32.5 Å². The van der Waals surface area contributed by atoms with E-state index in [2.05, 4.69) is 64.1 Å². The Kier molecular flexibility index (Phi) is 12.0. The van der Waals surface area contributed by atoms with Gasteiger partial charge in [0.15, 0.2) is 11.1 Å². The fourth-order valence-corrected chi connectivity index (χ4v) is 13.1. The predicted molar refractivity (Wildman–Crippen MR) is 268 cm³/mol. The smallest absolute Gasteiger partial charge is 0.269 e. The zero-order chi connectivity index (χ0) is 47.3. The van der Waals surface area contributed by atoms with Crippen molar-refractivity contribution in [2.24, 2.45) is 11.8 Å². The van der Waals surface area contributed by atoms with E-state index >= 15 is 0 Å². The first-order valence-corrected chi connectivity index (χ1v) is 24.8. The van der Waals surface area contributed by atoms with Crippen molar-refractivity contribution in [2.45, 2.75) is 72.9 Å². The monoisotopic (exact) mass is 952 g/mol. The Balaban J connectivity index is 1.17. The first-order chi connectivity index (χ1) is 32.4. The van der Waals surface area contributed by atoms with Gasteiger partial charge in [0.2, 0.25) is 0 Å². The molecule has 12 nitrogen and oxygen atoms in total. The fraction of sp³-hybridized carbons (Fsp3) is 0.255. The number of hydrogen-bond donors (Lipinski definition) is 0. The maximum atomic E-state index is 13.5. The third kappa shape index (κ3) is 7.53. The van der Waals surface area contributed by atoms with Gasteiger partial charge in [-0.25, -0.2) is 0 Å². The lowest BCUT2D eigenvalue weighted by Crippen LogP contribution is -2.31. The molecule has 0 N–H and O–H groups in total. The van der Waals surface area contributed by atoms with Crippen molar-refractivity contribution < 1.29 is 0 Å². The molecular formula is C51H40N10O2S4. The van der Waals surface area contributed by atoms with Crippen molar-refractivity contribution in [1.82, 2.24) is 26.6 Å². The van der Waals surface area contributed by atoms with Crippen LogP contribution in [0.25, 0.3) is 78.7 Å². The third-order valence-electron chi connectivity index (χ3n) is 12.3. The summed E-state index contributed by atoms with van der Waals surface area (Å²) in [5.74, 6) is 0.738. The summed E-state index contributed by atoms with van der Waals surface area (Å²) in [6.07, 6.45) is 5.40. The Bertz CT molecular complexity index is 3640. The van der Waals surface area contributed by atoms with E-state index in [1.165, 1.54) is 31.4 Å². The zero-order valence-electron chi connectivity index (χ0n) is 37.3. The van der Waals surface area contributed by atoms with Gasteiger partial charge in [0, 0.05) is 40.8 Å². The highest BCUT2D eigenvalue weighted by molar-refractivity contribution is 7.08. The van der Waals surface area contributed by atoms with Crippen molar-refractivity contribution in [3.05, 3.63) is 122 Å². The molecule has 0 spiro atoms. The highest BCUT2D eigenvalue weighted by atomic mass is 32.1. The lowest BCUT2D eigenvalue weighted by atomic mass is 9.67. The summed E-state index contributed by atoms with van der Waals surface area (Å²) in [5, 5.41) is 38.3. The molecule has 8 aromatic rings. The Morgan fingerprint density at radius 3 is 1.31 bits per heavy atom. The minimum atomic E-state index is -0.323. The molecule has 16 heteroatoms. The van der Waals surface area contributed by atoms with Crippen molar-refractivity contribution in [3.63, 3.8) is 0 Å². The Hall–Kier alpha value is -7.18. The second-order valence-electron chi connectivity index (χ2n) is 17.3. The molecule has 0 saturated carbocycles. The molecule has 0 saturated heterocycles. The van der Waals surface area contributed by atoms with Crippen molar-refractivity contribution in [2.75, 3.05) is 0 Å². The number of thiazole rings is 2. The zero-order valence-corrected chi connectivity index (χ0v) is 40.6. The first kappa shape index (κ1) is 45.0. The van der Waals surface area contributed by atoms with E-state index in [1.807, 2.05) is 62.4 Å². The average Bonchev–Trinajstić information content (AvgIpc) is 4.16. The lowest BCUT2D eigenvalue weighted by molar-refractivity contribution is 0.337. The molecule has 0 unspecified atom stereocenters. The average molecular weight is 953 g/mol. The van der Waals surface area contributed by atoms with E-state index in [-0.39, 0.29) is 27.7 Å². The van der Waals surface area contributed by atoms with Crippen LogP contribution in [0, 0.1) is 57.2 Å². The fourth-order valence-electron chi connectivity index (χ4n) is 9.73. The Morgan fingerprint density at radius 1 is 0.582 bits per heavy atom. The molecule has 1 aliphatic rings. The van der Waals surface area contributed by atoms with Crippen LogP contribution in [0.15, 0.2) is 70.3 Å². The standard InChI is InChI=1S/C51H40N10O2S4/c1-7-60-47(62)41(64-49(60)33(23-52)24-53)19-31-11-13-35(45-43(31)56-66-58-45)29-9-15-37-38-16-10-30(18-40(38)51(21-27(3)4,22-28(5)6)39(37)17-29)36-14-12-32(44-46(36)59-67-57-44)20-42-48(63)61(8-2)50(65-42)34(25-54)26-55/h9-20,27-28H,7-8,21-22H2,1-6H3/b41-19-,42-20-. The van der Waals surface area contributed by atoms with Crippen molar-refractivity contribution in [3.8, 4) is 57.7 Å². The van der Waals surface area contributed by atoms with Gasteiger partial charge in [0.1, 0.15) is 55.7 Å². The van der Waals surface area contributed by atoms with Crippen LogP contribution in [-0.2, 0) is 18.5 Å². The molecule has 67 heavy (non-hydrogen) atoms. The largest absolute Gasteiger partial charge is 0.298 e. The van der Waals surface area contributed by atoms with E-state index in [9.17, 15) is 30.6 Å². The summed E-state index contributed by atoms with van der Waals surface area (Å²) >= 11 is 4.49. The molecule has 4 aromatic carbocycles. The van der Waals surface area contributed by atoms with Gasteiger partial charge >= 0.3 is 0 Å². The molecular weight excluding hydrogens is 913 g/mol. The van der Waals surface area contributed by atoms with Crippen LogP contribution in [0.1, 0.15) is 76.6 Å². The summed E-state index contributed by atoms with van der Waals surface area (Å²) in [7, 11) is 0. The quantitative estimate of drug-likeness (QED) is 0.130. The number of fused-ring (bicyclic) bond motifs is 5. The minimum Gasteiger partial charge on any atom is -0.298 e. The van der Waals surface area contributed by atoms with E-state index in [0.717, 1.165) is 103 Å². The molecule has 0 radical (unpaired) electrons. The van der Waals surface area contributed by atoms with Gasteiger partial charge in [-0.3, -0.25) is 18.7 Å². The van der Waals surface area contributed by atoms with Crippen molar-refractivity contribution in [1.29, 1.82) is 21.0 Å². The molecule has 330 valence electrons. The molecule has 0 fully saturated rings. The Labute approximate surface area is 401 Å². The van der Waals surface area contributed by atoms with Crippen LogP contribution >= 0.6 is 46.1 Å². The molecule has 1 aliphatic carbocycles. The third-order valence-corrected chi connectivity index (χ3v) is 15.6. The van der Waals surface area contributed by atoms with E-state index in [0.29, 0.717) is 54.3 Å². The number of benzene rings is 4. The molecule has 0 amide bonds. The number of nitriles is 4. The van der Waals surface area contributed by atoms with E-state index < -0.39 is 0 Å². The minimum absolute atomic E-state index is 0.0945. The SMILES string of the molecule is CCn1c(=C(C#N)C#N)s/c(=C\c2ccc(-c3ccc4c(c3)C(CC(C)C)(CC(C)C)c3cc(-c5ccc(/C=c6\sc(=C(C#N)C#N)n(CC)c6=O)c6nsnc56)ccc3-4)c3nsnc23)c1=O. The topological polar surface area (TPSA) is 191 Å². The van der Waals surface area contributed by atoms with Gasteiger partial charge < -0.3 is 0 Å². The summed E-state index contributed by atoms with van der Waals surface area (Å²) in [6.45, 7) is 13.4. The van der Waals surface area contributed by atoms with E-state index in [1.54, 1.807) is 12.2 Å². The van der Waals surface area contributed by atoms with Gasteiger partial charge in [-0.15, -0.1) is 22.7 Å². The second kappa shape index (κ2) is 17.9. The second-order valence-corrected chi connectivity index (χ2v) is 20.4. The van der Waals surface area contributed by atoms with E-state index in [4.69, 9.17) is 17.5 Å². The first-order valence-electron chi connectivity index (χ1n) is 21.7. The maximum absolute atomic E-state index is 13.5. The molecule has 9 rings (SSSR count). The molecule has 4 aromatic heterocycles. The van der Waals surface area contributed by atoms with Crippen LogP contribution in [0.3, 0.4) is 0 Å². The van der Waals surface area contributed by atoms with Crippen LogP contribution in [0.4, 0.5) is 0 Å². The molecule has 4 heterocycles. The molecule has 0 bridgehead atoms. The summed E-state index contributed by atoms with van der Waals surface area (Å²) in [6, 6.07) is 29.2. The van der Waals surface area contributed by atoms with Gasteiger partial charge in [-0.1, -0.05) is 76.2 Å². The van der Waals surface area contributed by atoms with Crippen molar-refractivity contribution >= 4 is 91.5 Å². The number of aromatic nitrogens is 6.